The first-order valence-electron chi connectivity index (χ1n) is 11.0. The molecular formula is C26H23Cl3N2O. The molecule has 0 spiro atoms. The molecule has 0 saturated carbocycles. The van der Waals surface area contributed by atoms with Gasteiger partial charge in [0, 0.05) is 35.8 Å². The second kappa shape index (κ2) is 8.97. The lowest BCUT2D eigenvalue weighted by molar-refractivity contribution is -0.118. The Bertz CT molecular complexity index is 1170. The van der Waals surface area contributed by atoms with E-state index >= 15 is 0 Å². The topological polar surface area (TPSA) is 23.6 Å². The molecule has 3 aromatic rings. The number of fused-ring (bicyclic) bond motifs is 1. The molecule has 0 atom stereocenters. The minimum Gasteiger partial charge on any atom is -0.371 e. The zero-order chi connectivity index (χ0) is 22.2. The van der Waals surface area contributed by atoms with E-state index in [1.165, 1.54) is 6.42 Å². The van der Waals surface area contributed by atoms with Gasteiger partial charge in [-0.3, -0.25) is 9.69 Å². The highest BCUT2D eigenvalue weighted by Crippen LogP contribution is 2.47. The van der Waals surface area contributed by atoms with Crippen molar-refractivity contribution in [2.75, 3.05) is 22.9 Å². The molecule has 2 heterocycles. The van der Waals surface area contributed by atoms with Gasteiger partial charge in [0.05, 0.1) is 21.4 Å². The van der Waals surface area contributed by atoms with E-state index in [4.69, 9.17) is 34.8 Å². The molecule has 1 fully saturated rings. The van der Waals surface area contributed by atoms with Gasteiger partial charge in [-0.15, -0.1) is 0 Å². The summed E-state index contributed by atoms with van der Waals surface area (Å²) in [6.45, 7) is 2.00. The second-order valence-electron chi connectivity index (χ2n) is 8.32. The van der Waals surface area contributed by atoms with Gasteiger partial charge in [0.2, 0.25) is 5.91 Å². The average molecular weight is 486 g/mol. The minimum absolute atomic E-state index is 0.00611. The first kappa shape index (κ1) is 21.6. The molecule has 164 valence electrons. The number of halogens is 3. The number of rotatable bonds is 3. The maximum Gasteiger partial charge on any atom is 0.231 e. The fraction of sp³-hybridized carbons (Fsp3) is 0.269. The predicted molar refractivity (Wildman–Crippen MR) is 135 cm³/mol. The predicted octanol–water partition coefficient (Wildman–Crippen LogP) is 7.92. The van der Waals surface area contributed by atoms with E-state index in [0.29, 0.717) is 33.6 Å². The van der Waals surface area contributed by atoms with Gasteiger partial charge in [-0.1, -0.05) is 59.1 Å². The molecule has 2 aliphatic heterocycles. The van der Waals surface area contributed by atoms with Crippen molar-refractivity contribution in [2.45, 2.75) is 32.1 Å². The summed E-state index contributed by atoms with van der Waals surface area (Å²) in [5.74, 6) is -0.00611. The van der Waals surface area contributed by atoms with Gasteiger partial charge in [-0.05, 0) is 67.1 Å². The number of hydrogen-bond acceptors (Lipinski definition) is 2. The lowest BCUT2D eigenvalue weighted by Gasteiger charge is -2.35. The van der Waals surface area contributed by atoms with Gasteiger partial charge in [0.15, 0.2) is 0 Å². The highest BCUT2D eigenvalue weighted by atomic mass is 35.5. The Morgan fingerprint density at radius 1 is 0.719 bits per heavy atom. The van der Waals surface area contributed by atoms with Gasteiger partial charge < -0.3 is 4.90 Å². The number of carbonyl (C=O) groups is 1. The SMILES string of the molecule is O=C1CCc2c(-c3ccccc3Cl)cc(N3CCCCC3)cc2N1c1c(Cl)cccc1Cl. The lowest BCUT2D eigenvalue weighted by Crippen LogP contribution is -2.33. The summed E-state index contributed by atoms with van der Waals surface area (Å²) in [5.41, 5.74) is 5.62. The van der Waals surface area contributed by atoms with Crippen molar-refractivity contribution in [1.29, 1.82) is 0 Å². The molecule has 0 unspecified atom stereocenters. The Hall–Kier alpha value is -2.20. The van der Waals surface area contributed by atoms with E-state index in [9.17, 15) is 4.79 Å². The van der Waals surface area contributed by atoms with Crippen LogP contribution in [0.2, 0.25) is 15.1 Å². The number of amides is 1. The van der Waals surface area contributed by atoms with Crippen molar-refractivity contribution in [3.8, 4) is 11.1 Å². The van der Waals surface area contributed by atoms with Gasteiger partial charge in [0.1, 0.15) is 0 Å². The highest BCUT2D eigenvalue weighted by molar-refractivity contribution is 6.40. The third-order valence-corrected chi connectivity index (χ3v) is 7.28. The van der Waals surface area contributed by atoms with Crippen LogP contribution in [0.4, 0.5) is 17.1 Å². The van der Waals surface area contributed by atoms with Gasteiger partial charge in [0.25, 0.3) is 0 Å². The molecule has 3 aromatic carbocycles. The van der Waals surface area contributed by atoms with Crippen LogP contribution in [-0.2, 0) is 11.2 Å². The third kappa shape index (κ3) is 3.87. The minimum atomic E-state index is -0.00611. The molecule has 3 nitrogen and oxygen atoms in total. The smallest absolute Gasteiger partial charge is 0.231 e. The van der Waals surface area contributed by atoms with Crippen LogP contribution in [0.15, 0.2) is 54.6 Å². The Labute approximate surface area is 203 Å². The first-order valence-corrected chi connectivity index (χ1v) is 12.1. The van der Waals surface area contributed by atoms with E-state index in [-0.39, 0.29) is 5.91 Å². The summed E-state index contributed by atoms with van der Waals surface area (Å²) in [5, 5.41) is 1.62. The molecule has 0 N–H and O–H groups in total. The second-order valence-corrected chi connectivity index (χ2v) is 9.54. The first-order chi connectivity index (χ1) is 15.5. The molecule has 1 amide bonds. The van der Waals surface area contributed by atoms with Gasteiger partial charge in [-0.2, -0.15) is 0 Å². The monoisotopic (exact) mass is 484 g/mol. The molecule has 0 aromatic heterocycles. The molecule has 0 bridgehead atoms. The fourth-order valence-corrected chi connectivity index (χ4v) is 5.59. The molecule has 5 rings (SSSR count). The standard InChI is InChI=1S/C26H23Cl3N2O/c27-21-8-3-2-7-18(21)20-15-17(30-13-4-1-5-14-30)16-24-19(20)11-12-25(32)31(24)26-22(28)9-6-10-23(26)29/h2-3,6-10,15-16H,1,4-5,11-14H2. The Morgan fingerprint density at radius 2 is 1.41 bits per heavy atom. The van der Waals surface area contributed by atoms with Crippen LogP contribution in [0.3, 0.4) is 0 Å². The van der Waals surface area contributed by atoms with Crippen LogP contribution in [-0.4, -0.2) is 19.0 Å². The van der Waals surface area contributed by atoms with E-state index in [2.05, 4.69) is 17.0 Å². The number of anilines is 3. The number of para-hydroxylation sites is 1. The molecule has 0 aliphatic carbocycles. The number of hydrogen-bond donors (Lipinski definition) is 0. The van der Waals surface area contributed by atoms with Crippen molar-refractivity contribution in [3.63, 3.8) is 0 Å². The third-order valence-electron chi connectivity index (χ3n) is 6.34. The van der Waals surface area contributed by atoms with E-state index < -0.39 is 0 Å². The maximum absolute atomic E-state index is 13.2. The van der Waals surface area contributed by atoms with E-state index in [1.54, 1.807) is 23.1 Å². The van der Waals surface area contributed by atoms with E-state index in [1.807, 2.05) is 24.3 Å². The zero-order valence-electron chi connectivity index (χ0n) is 17.6. The van der Waals surface area contributed by atoms with Crippen molar-refractivity contribution in [2.24, 2.45) is 0 Å². The van der Waals surface area contributed by atoms with Crippen LogP contribution < -0.4 is 9.80 Å². The fourth-order valence-electron chi connectivity index (χ4n) is 4.78. The summed E-state index contributed by atoms with van der Waals surface area (Å²) in [4.78, 5) is 17.3. The average Bonchev–Trinajstić information content (AvgIpc) is 2.80. The number of piperidine rings is 1. The molecule has 1 saturated heterocycles. The van der Waals surface area contributed by atoms with Crippen LogP contribution in [0.1, 0.15) is 31.2 Å². The molecule has 32 heavy (non-hydrogen) atoms. The normalized spacial score (nSPS) is 16.3. The van der Waals surface area contributed by atoms with Crippen molar-refractivity contribution in [3.05, 3.63) is 75.2 Å². The summed E-state index contributed by atoms with van der Waals surface area (Å²) in [7, 11) is 0. The molecule has 0 radical (unpaired) electrons. The summed E-state index contributed by atoms with van der Waals surface area (Å²) >= 11 is 19.7. The van der Waals surface area contributed by atoms with Crippen molar-refractivity contribution >= 4 is 57.8 Å². The Balaban J connectivity index is 1.76. The molecule has 2 aliphatic rings. The van der Waals surface area contributed by atoms with Crippen LogP contribution in [0, 0.1) is 0 Å². The lowest BCUT2D eigenvalue weighted by atomic mass is 9.90. The van der Waals surface area contributed by atoms with Crippen LogP contribution in [0.5, 0.6) is 0 Å². The Morgan fingerprint density at radius 3 is 2.12 bits per heavy atom. The Kier molecular flexibility index (Phi) is 6.07. The zero-order valence-corrected chi connectivity index (χ0v) is 19.9. The van der Waals surface area contributed by atoms with Crippen LogP contribution in [0.25, 0.3) is 11.1 Å². The van der Waals surface area contributed by atoms with Crippen molar-refractivity contribution in [1.82, 2.24) is 0 Å². The summed E-state index contributed by atoms with van der Waals surface area (Å²) in [6, 6.07) is 17.6. The number of carbonyl (C=O) groups excluding carboxylic acids is 1. The highest BCUT2D eigenvalue weighted by Gasteiger charge is 2.32. The van der Waals surface area contributed by atoms with E-state index in [0.717, 1.165) is 54.0 Å². The molecule has 6 heteroatoms. The maximum atomic E-state index is 13.2. The number of benzene rings is 3. The van der Waals surface area contributed by atoms with Gasteiger partial charge in [-0.25, -0.2) is 0 Å². The van der Waals surface area contributed by atoms with Gasteiger partial charge >= 0.3 is 0 Å². The quantitative estimate of drug-likeness (QED) is 0.376. The molecular weight excluding hydrogens is 463 g/mol. The number of nitrogens with zero attached hydrogens (tertiary/aromatic N) is 2. The largest absolute Gasteiger partial charge is 0.371 e. The van der Waals surface area contributed by atoms with Crippen LogP contribution >= 0.6 is 34.8 Å². The summed E-state index contributed by atoms with van der Waals surface area (Å²) < 4.78 is 0. The van der Waals surface area contributed by atoms with Crippen molar-refractivity contribution < 1.29 is 4.79 Å². The summed E-state index contributed by atoms with van der Waals surface area (Å²) in [6.07, 6.45) is 4.61.